The van der Waals surface area contributed by atoms with Crippen molar-refractivity contribution >= 4 is 5.91 Å². The maximum absolute atomic E-state index is 13.0. The normalized spacial score (nSPS) is 14.9. The fourth-order valence-electron chi connectivity index (χ4n) is 3.71. The van der Waals surface area contributed by atoms with Crippen molar-refractivity contribution in [2.24, 2.45) is 0 Å². The smallest absolute Gasteiger partial charge is 0.224 e. The summed E-state index contributed by atoms with van der Waals surface area (Å²) in [6, 6.07) is 16.7. The number of rotatable bonds is 6. The van der Waals surface area contributed by atoms with Crippen molar-refractivity contribution in [2.75, 3.05) is 26.2 Å². The van der Waals surface area contributed by atoms with Crippen molar-refractivity contribution in [3.8, 4) is 11.4 Å². The van der Waals surface area contributed by atoms with Gasteiger partial charge >= 0.3 is 0 Å². The molecule has 2 aromatic carbocycles. The van der Waals surface area contributed by atoms with Crippen LogP contribution in [-0.2, 0) is 17.9 Å². The first-order valence-corrected chi connectivity index (χ1v) is 10.0. The van der Waals surface area contributed by atoms with E-state index < -0.39 is 0 Å². The van der Waals surface area contributed by atoms with E-state index in [1.165, 1.54) is 12.1 Å². The van der Waals surface area contributed by atoms with Gasteiger partial charge in [-0.15, -0.1) is 0 Å². The van der Waals surface area contributed by atoms with Crippen molar-refractivity contribution in [2.45, 2.75) is 19.5 Å². The first kappa shape index (κ1) is 19.3. The Morgan fingerprint density at radius 2 is 1.69 bits per heavy atom. The highest BCUT2D eigenvalue weighted by molar-refractivity contribution is 5.76. The number of amides is 1. The molecule has 0 aliphatic carbocycles. The van der Waals surface area contributed by atoms with Crippen molar-refractivity contribution in [3.05, 3.63) is 78.4 Å². The number of aryl methyl sites for hydroxylation is 1. The lowest BCUT2D eigenvalue weighted by Crippen LogP contribution is -2.48. The summed E-state index contributed by atoms with van der Waals surface area (Å²) in [5.74, 6) is 0.860. The maximum Gasteiger partial charge on any atom is 0.224 e. The van der Waals surface area contributed by atoms with E-state index in [1.807, 2.05) is 58.1 Å². The zero-order valence-corrected chi connectivity index (χ0v) is 16.4. The summed E-state index contributed by atoms with van der Waals surface area (Å²) in [6.45, 7) is 4.55. The van der Waals surface area contributed by atoms with Gasteiger partial charge in [-0.25, -0.2) is 9.37 Å². The van der Waals surface area contributed by atoms with E-state index in [4.69, 9.17) is 0 Å². The molecule has 29 heavy (non-hydrogen) atoms. The van der Waals surface area contributed by atoms with Crippen LogP contribution in [0.1, 0.15) is 12.0 Å². The summed E-state index contributed by atoms with van der Waals surface area (Å²) >= 11 is 0. The standard InChI is InChI=1S/C23H25FN4O/c24-21-8-6-19(7-9-21)18-26-14-16-27(17-15-26)22(29)10-12-28-13-11-25-23(28)20-4-2-1-3-5-20/h1-9,11,13H,10,12,14-18H2. The maximum atomic E-state index is 13.0. The Kier molecular flexibility index (Phi) is 6.00. The summed E-state index contributed by atoms with van der Waals surface area (Å²) in [6.07, 6.45) is 4.17. The van der Waals surface area contributed by atoms with Crippen LogP contribution in [0.4, 0.5) is 4.39 Å². The Balaban J connectivity index is 1.27. The number of halogens is 1. The van der Waals surface area contributed by atoms with Crippen LogP contribution in [-0.4, -0.2) is 51.4 Å². The molecule has 2 heterocycles. The highest BCUT2D eigenvalue weighted by Crippen LogP contribution is 2.17. The van der Waals surface area contributed by atoms with Gasteiger partial charge in [-0.1, -0.05) is 42.5 Å². The number of hydrogen-bond acceptors (Lipinski definition) is 3. The third kappa shape index (κ3) is 4.90. The van der Waals surface area contributed by atoms with E-state index in [-0.39, 0.29) is 11.7 Å². The van der Waals surface area contributed by atoms with Crippen LogP contribution in [0.5, 0.6) is 0 Å². The van der Waals surface area contributed by atoms with Crippen LogP contribution in [0.15, 0.2) is 67.0 Å². The minimum atomic E-state index is -0.211. The van der Waals surface area contributed by atoms with Crippen LogP contribution in [0, 0.1) is 5.82 Å². The molecule has 5 nitrogen and oxygen atoms in total. The Bertz CT molecular complexity index is 931. The molecule has 4 rings (SSSR count). The van der Waals surface area contributed by atoms with Gasteiger partial charge in [0, 0.05) is 63.6 Å². The minimum Gasteiger partial charge on any atom is -0.340 e. The lowest BCUT2D eigenvalue weighted by molar-refractivity contribution is -0.133. The number of benzene rings is 2. The summed E-state index contributed by atoms with van der Waals surface area (Å²) in [7, 11) is 0. The molecule has 0 bridgehead atoms. The van der Waals surface area contributed by atoms with Gasteiger partial charge in [0.1, 0.15) is 11.6 Å². The molecular formula is C23H25FN4O. The van der Waals surface area contributed by atoms with Crippen LogP contribution >= 0.6 is 0 Å². The Morgan fingerprint density at radius 1 is 0.966 bits per heavy atom. The lowest BCUT2D eigenvalue weighted by atomic mass is 10.2. The molecule has 3 aromatic rings. The first-order chi connectivity index (χ1) is 14.2. The van der Waals surface area contributed by atoms with E-state index in [2.05, 4.69) is 9.88 Å². The molecule has 1 fully saturated rings. The summed E-state index contributed by atoms with van der Waals surface area (Å²) in [5.41, 5.74) is 2.15. The molecule has 1 aliphatic heterocycles. The first-order valence-electron chi connectivity index (χ1n) is 10.0. The van der Waals surface area contributed by atoms with E-state index in [1.54, 1.807) is 6.20 Å². The van der Waals surface area contributed by atoms with E-state index in [9.17, 15) is 9.18 Å². The number of imidazole rings is 1. The third-order valence-electron chi connectivity index (χ3n) is 5.36. The molecule has 0 unspecified atom stereocenters. The van der Waals surface area contributed by atoms with Gasteiger partial charge in [0.15, 0.2) is 0 Å². The molecule has 0 radical (unpaired) electrons. The lowest BCUT2D eigenvalue weighted by Gasteiger charge is -2.35. The highest BCUT2D eigenvalue weighted by Gasteiger charge is 2.21. The largest absolute Gasteiger partial charge is 0.340 e. The van der Waals surface area contributed by atoms with Crippen molar-refractivity contribution < 1.29 is 9.18 Å². The van der Waals surface area contributed by atoms with Crippen LogP contribution in [0.3, 0.4) is 0 Å². The molecule has 6 heteroatoms. The number of carbonyl (C=O) groups excluding carboxylic acids is 1. The molecule has 1 amide bonds. The molecule has 0 spiro atoms. The average molecular weight is 392 g/mol. The predicted octanol–water partition coefficient (Wildman–Crippen LogP) is 3.42. The zero-order valence-electron chi connectivity index (χ0n) is 16.4. The van der Waals surface area contributed by atoms with Gasteiger partial charge in [-0.2, -0.15) is 0 Å². The SMILES string of the molecule is O=C(CCn1ccnc1-c1ccccc1)N1CCN(Cc2ccc(F)cc2)CC1. The topological polar surface area (TPSA) is 41.4 Å². The van der Waals surface area contributed by atoms with Crippen LogP contribution in [0.25, 0.3) is 11.4 Å². The molecular weight excluding hydrogens is 367 g/mol. The van der Waals surface area contributed by atoms with E-state index in [0.717, 1.165) is 49.7 Å². The number of carbonyl (C=O) groups is 1. The van der Waals surface area contributed by atoms with Gasteiger partial charge in [0.2, 0.25) is 5.91 Å². The second-order valence-electron chi connectivity index (χ2n) is 7.34. The second-order valence-corrected chi connectivity index (χ2v) is 7.34. The second kappa shape index (κ2) is 9.01. The quantitative estimate of drug-likeness (QED) is 0.645. The number of aromatic nitrogens is 2. The van der Waals surface area contributed by atoms with E-state index >= 15 is 0 Å². The molecule has 0 N–H and O–H groups in total. The summed E-state index contributed by atoms with van der Waals surface area (Å²) in [4.78, 5) is 21.4. The highest BCUT2D eigenvalue weighted by atomic mass is 19.1. The number of piperazine rings is 1. The van der Waals surface area contributed by atoms with Gasteiger partial charge in [-0.3, -0.25) is 9.69 Å². The Labute approximate surface area is 170 Å². The Morgan fingerprint density at radius 3 is 2.41 bits per heavy atom. The van der Waals surface area contributed by atoms with Gasteiger partial charge in [0.05, 0.1) is 0 Å². The molecule has 1 aliphatic rings. The third-order valence-corrected chi connectivity index (χ3v) is 5.36. The number of nitrogens with zero attached hydrogens (tertiary/aromatic N) is 4. The molecule has 0 saturated carbocycles. The summed E-state index contributed by atoms with van der Waals surface area (Å²) < 4.78 is 15.1. The minimum absolute atomic E-state index is 0.180. The molecule has 150 valence electrons. The van der Waals surface area contributed by atoms with Crippen molar-refractivity contribution in [1.82, 2.24) is 19.4 Å². The fraction of sp³-hybridized carbons (Fsp3) is 0.304. The zero-order chi connectivity index (χ0) is 20.1. The van der Waals surface area contributed by atoms with Gasteiger partial charge in [0.25, 0.3) is 0 Å². The van der Waals surface area contributed by atoms with Gasteiger partial charge in [-0.05, 0) is 17.7 Å². The molecule has 1 saturated heterocycles. The van der Waals surface area contributed by atoms with Crippen LogP contribution in [0.2, 0.25) is 0 Å². The monoisotopic (exact) mass is 392 g/mol. The fourth-order valence-corrected chi connectivity index (χ4v) is 3.71. The molecule has 1 aromatic heterocycles. The average Bonchev–Trinajstić information content (AvgIpc) is 3.23. The Hall–Kier alpha value is -2.99. The summed E-state index contributed by atoms with van der Waals surface area (Å²) in [5, 5.41) is 0. The van der Waals surface area contributed by atoms with Crippen molar-refractivity contribution in [3.63, 3.8) is 0 Å². The van der Waals surface area contributed by atoms with Crippen LogP contribution < -0.4 is 0 Å². The van der Waals surface area contributed by atoms with E-state index in [0.29, 0.717) is 13.0 Å². The predicted molar refractivity (Wildman–Crippen MR) is 111 cm³/mol. The molecule has 0 atom stereocenters. The number of hydrogen-bond donors (Lipinski definition) is 0. The van der Waals surface area contributed by atoms with Gasteiger partial charge < -0.3 is 9.47 Å². The van der Waals surface area contributed by atoms with Crippen molar-refractivity contribution in [1.29, 1.82) is 0 Å².